The summed E-state index contributed by atoms with van der Waals surface area (Å²) in [6.07, 6.45) is 0. The lowest BCUT2D eigenvalue weighted by Gasteiger charge is -1.98. The highest BCUT2D eigenvalue weighted by Crippen LogP contribution is 2.26. The van der Waals surface area contributed by atoms with Gasteiger partial charge in [0, 0.05) is 34.6 Å². The van der Waals surface area contributed by atoms with Crippen LogP contribution in [0.3, 0.4) is 0 Å². The van der Waals surface area contributed by atoms with Gasteiger partial charge in [0.2, 0.25) is 28.9 Å². The van der Waals surface area contributed by atoms with E-state index in [0.29, 0.717) is 67.2 Å². The summed E-state index contributed by atoms with van der Waals surface area (Å²) in [5.74, 6) is 3.23. The minimum absolute atomic E-state index is 0.00210. The molecule has 0 amide bonds. The van der Waals surface area contributed by atoms with Gasteiger partial charge in [-0.3, -0.25) is 24.0 Å². The van der Waals surface area contributed by atoms with E-state index in [9.17, 15) is 24.0 Å². The molecule has 17 nitrogen and oxygen atoms in total. The van der Waals surface area contributed by atoms with Gasteiger partial charge in [0.05, 0.1) is 57.9 Å². The second kappa shape index (κ2) is 25.5. The van der Waals surface area contributed by atoms with Crippen molar-refractivity contribution in [3.05, 3.63) is 136 Å². The first-order chi connectivity index (χ1) is 36.1. The Balaban J connectivity index is 0.000000154. The molecule has 0 saturated carbocycles. The summed E-state index contributed by atoms with van der Waals surface area (Å²) in [5.41, 5.74) is 7.83. The van der Waals surface area contributed by atoms with Crippen molar-refractivity contribution in [1.29, 1.82) is 0 Å². The third kappa shape index (κ3) is 13.8. The van der Waals surface area contributed by atoms with Gasteiger partial charge in [0.25, 0.3) is 0 Å². The van der Waals surface area contributed by atoms with Crippen molar-refractivity contribution in [3.8, 4) is 11.5 Å². The molecule has 0 fully saturated rings. The van der Waals surface area contributed by atoms with Crippen molar-refractivity contribution < 1.29 is 33.4 Å². The number of fused-ring (bicyclic) bond motifs is 5. The fraction of sp³-hybridized carbons (Fsp3) is 0.298. The van der Waals surface area contributed by atoms with Gasteiger partial charge in [-0.1, -0.05) is 123 Å². The summed E-state index contributed by atoms with van der Waals surface area (Å²) in [6.45, 7) is 18.5. The lowest BCUT2D eigenvalue weighted by molar-refractivity contribution is 0.0923. The molecule has 0 unspecified atom stereocenters. The number of carbonyl (C=O) groups is 5. The molecule has 0 atom stereocenters. The van der Waals surface area contributed by atoms with E-state index in [0.717, 1.165) is 38.6 Å². The number of hydrogen-bond donors (Lipinski definition) is 5. The summed E-state index contributed by atoms with van der Waals surface area (Å²) < 4.78 is 10.4. The monoisotopic (exact) mass is 1070 g/mol. The number of carbonyl (C=O) groups excluding carboxylic acids is 5. The van der Waals surface area contributed by atoms with Crippen molar-refractivity contribution in [1.82, 2.24) is 49.8 Å². The molecule has 0 aliphatic heterocycles. The van der Waals surface area contributed by atoms with Gasteiger partial charge in [-0.05, 0) is 66.7 Å². The Morgan fingerprint density at radius 2 is 0.711 bits per heavy atom. The van der Waals surface area contributed by atoms with E-state index in [-0.39, 0.29) is 58.5 Å². The van der Waals surface area contributed by atoms with Crippen LogP contribution in [0.4, 0.5) is 0 Å². The van der Waals surface area contributed by atoms with Crippen molar-refractivity contribution in [2.75, 3.05) is 14.2 Å². The topological polar surface area (TPSA) is 247 Å². The summed E-state index contributed by atoms with van der Waals surface area (Å²) >= 11 is 11.8. The van der Waals surface area contributed by atoms with Crippen LogP contribution in [-0.4, -0.2) is 93.0 Å². The van der Waals surface area contributed by atoms with Crippen LogP contribution in [0.5, 0.6) is 11.5 Å². The second-order valence-corrected chi connectivity index (χ2v) is 19.9. The minimum Gasteiger partial charge on any atom is -0.494 e. The quantitative estimate of drug-likeness (QED) is 0.0717. The maximum atomic E-state index is 11.8. The molecule has 5 aromatic carbocycles. The fourth-order valence-electron chi connectivity index (χ4n) is 7.22. The predicted octanol–water partition coefficient (Wildman–Crippen LogP) is 13.3. The molecule has 76 heavy (non-hydrogen) atoms. The first-order valence-corrected chi connectivity index (χ1v) is 25.4. The predicted molar refractivity (Wildman–Crippen MR) is 299 cm³/mol. The number of nitrogens with one attached hydrogen (secondary N) is 5. The molecular weight excluding hydrogens is 1010 g/mol. The minimum atomic E-state index is -0.0654. The third-order valence-electron chi connectivity index (χ3n) is 11.5. The third-order valence-corrected chi connectivity index (χ3v) is 12.0. The largest absolute Gasteiger partial charge is 0.494 e. The Bertz CT molecular complexity index is 3540. The van der Waals surface area contributed by atoms with Gasteiger partial charge in [-0.25, -0.2) is 24.9 Å². The normalized spacial score (nSPS) is 11.1. The highest BCUT2D eigenvalue weighted by molar-refractivity contribution is 6.35. The van der Waals surface area contributed by atoms with Crippen molar-refractivity contribution in [2.24, 2.45) is 29.6 Å². The number of H-pyrrole nitrogens is 5. The number of benzene rings is 5. The molecule has 10 rings (SSSR count). The van der Waals surface area contributed by atoms with Gasteiger partial charge in [0.1, 0.15) is 28.0 Å². The highest BCUT2D eigenvalue weighted by atomic mass is 35.5. The number of ketones is 5. The zero-order valence-corrected chi connectivity index (χ0v) is 46.0. The second-order valence-electron chi connectivity index (χ2n) is 19.0. The molecule has 0 saturated heterocycles. The molecule has 5 heterocycles. The Kier molecular flexibility index (Phi) is 19.2. The van der Waals surface area contributed by atoms with Crippen LogP contribution in [-0.2, 0) is 0 Å². The first-order valence-electron chi connectivity index (χ1n) is 24.6. The van der Waals surface area contributed by atoms with Crippen molar-refractivity contribution in [2.45, 2.75) is 69.2 Å². The number of aromatic amines is 5. The Morgan fingerprint density at radius 1 is 0.382 bits per heavy atom. The summed E-state index contributed by atoms with van der Waals surface area (Å²) in [4.78, 5) is 94.7. The van der Waals surface area contributed by atoms with E-state index in [1.807, 2.05) is 142 Å². The molecule has 5 N–H and O–H groups in total. The molecule has 396 valence electrons. The van der Waals surface area contributed by atoms with Crippen LogP contribution in [0.2, 0.25) is 10.0 Å². The molecule has 0 aliphatic rings. The Hall–Kier alpha value is -8.02. The molecule has 0 aliphatic carbocycles. The van der Waals surface area contributed by atoms with Crippen LogP contribution in [0.1, 0.15) is 122 Å². The SMILES string of the molecule is CC(C)C(=O)c1nc2c(Cl)cccc2[nH]1.CC(C)C(=O)c1nc2ccc(Cl)cc2[nH]1.CC(C)C(=O)c1nc2ccccc2[nH]1.COc1cccc2[nH]c(C(=O)C(C)C)nc12.COc1cccc2[nH]c(C(=O)C(C)C)nc12. The standard InChI is InChI=1S/2C12H14N2O2.2C11H11ClN2O.C11H12N2O/c2*1-7(2)11(15)12-13-8-5-4-6-9(16-3)10(8)14-12;1-6(2)10(15)11-13-8-4-3-7(12)5-9(8)14-11;1-6(2)10(15)11-13-8-5-3-4-7(12)9(8)14-11;1-7(2)10(14)11-12-8-5-3-4-6-9(8)13-11/h2*4-7H,1-3H3,(H,13,14);2*3-6H,1-2H3,(H,13,14);3-7H,1-2H3,(H,12,13). The van der Waals surface area contributed by atoms with E-state index in [1.54, 1.807) is 38.5 Å². The number of halogens is 2. The number of ether oxygens (including phenoxy) is 2. The van der Waals surface area contributed by atoms with Crippen LogP contribution >= 0.6 is 23.2 Å². The number of rotatable bonds is 12. The van der Waals surface area contributed by atoms with Crippen LogP contribution in [0.25, 0.3) is 55.2 Å². The van der Waals surface area contributed by atoms with Gasteiger partial charge in [-0.2, -0.15) is 0 Å². The van der Waals surface area contributed by atoms with Crippen LogP contribution in [0.15, 0.2) is 97.1 Å². The molecule has 0 spiro atoms. The van der Waals surface area contributed by atoms with E-state index < -0.39 is 0 Å². The van der Waals surface area contributed by atoms with E-state index in [2.05, 4.69) is 49.8 Å². The number of methoxy groups -OCH3 is 2. The van der Waals surface area contributed by atoms with Gasteiger partial charge in [0.15, 0.2) is 29.1 Å². The highest BCUT2D eigenvalue weighted by Gasteiger charge is 2.20. The number of aromatic nitrogens is 10. The summed E-state index contributed by atoms with van der Waals surface area (Å²) in [5, 5.41) is 1.20. The van der Waals surface area contributed by atoms with Gasteiger partial charge in [-0.15, -0.1) is 0 Å². The number of para-hydroxylation sites is 5. The molecule has 0 radical (unpaired) electrons. The van der Waals surface area contributed by atoms with E-state index in [4.69, 9.17) is 32.7 Å². The van der Waals surface area contributed by atoms with Crippen LogP contribution < -0.4 is 9.47 Å². The molecule has 0 bridgehead atoms. The molecular formula is C57H62Cl2N10O7. The summed E-state index contributed by atoms with van der Waals surface area (Å²) in [7, 11) is 3.18. The Morgan fingerprint density at radius 3 is 1.11 bits per heavy atom. The number of Topliss-reactive ketones (excluding diaryl/α,β-unsaturated/α-hetero) is 5. The molecule has 19 heteroatoms. The first kappa shape index (κ1) is 57.3. The van der Waals surface area contributed by atoms with E-state index in [1.165, 1.54) is 0 Å². The maximum absolute atomic E-state index is 11.8. The zero-order valence-electron chi connectivity index (χ0n) is 44.5. The van der Waals surface area contributed by atoms with Gasteiger partial charge < -0.3 is 34.4 Å². The molecule has 5 aromatic heterocycles. The Labute approximate surface area is 449 Å². The van der Waals surface area contributed by atoms with Gasteiger partial charge >= 0.3 is 0 Å². The van der Waals surface area contributed by atoms with Crippen LogP contribution in [0, 0.1) is 29.6 Å². The fourth-order valence-corrected chi connectivity index (χ4v) is 7.61. The average molecular weight is 1070 g/mol. The lowest BCUT2D eigenvalue weighted by Crippen LogP contribution is -2.09. The van der Waals surface area contributed by atoms with E-state index >= 15 is 0 Å². The number of hydrogen-bond acceptors (Lipinski definition) is 12. The maximum Gasteiger partial charge on any atom is 0.200 e. The van der Waals surface area contributed by atoms with Crippen molar-refractivity contribution >= 4 is 107 Å². The smallest absolute Gasteiger partial charge is 0.200 e. The molecule has 10 aromatic rings. The zero-order chi connectivity index (χ0) is 55.5. The number of nitrogens with zero attached hydrogens (tertiary/aromatic N) is 5. The summed E-state index contributed by atoms with van der Waals surface area (Å²) in [6, 6.07) is 29.5. The number of imidazole rings is 5. The average Bonchev–Trinajstić information content (AvgIpc) is 4.27. The lowest BCUT2D eigenvalue weighted by atomic mass is 10.1. The van der Waals surface area contributed by atoms with Crippen molar-refractivity contribution in [3.63, 3.8) is 0 Å².